The predicted molar refractivity (Wildman–Crippen MR) is 91.1 cm³/mol. The zero-order chi connectivity index (χ0) is 18.1. The highest BCUT2D eigenvalue weighted by Gasteiger charge is 2.36. The lowest BCUT2D eigenvalue weighted by Crippen LogP contribution is -2.30. The molecule has 1 aliphatic rings. The maximum atomic E-state index is 12.9. The van der Waals surface area contributed by atoms with Gasteiger partial charge >= 0.3 is 0 Å². The van der Waals surface area contributed by atoms with Crippen LogP contribution in [0, 0.1) is 12.8 Å². The fraction of sp³-hybridized carbons (Fsp3) is 0.316. The number of rotatable bonds is 4. The summed E-state index contributed by atoms with van der Waals surface area (Å²) in [5, 5.41) is 20.4. The average Bonchev–Trinajstić information content (AvgIpc) is 2.62. The molecular weight excluding hydrogens is 324 g/mol. The van der Waals surface area contributed by atoms with Gasteiger partial charge in [-0.25, -0.2) is 0 Å². The molecule has 25 heavy (non-hydrogen) atoms. The third-order valence-corrected chi connectivity index (χ3v) is 4.48. The van der Waals surface area contributed by atoms with Crippen molar-refractivity contribution >= 4 is 5.78 Å². The minimum Gasteiger partial charge on any atom is -0.504 e. The van der Waals surface area contributed by atoms with E-state index in [1.54, 1.807) is 14.0 Å². The molecule has 0 aliphatic carbocycles. The van der Waals surface area contributed by atoms with Crippen molar-refractivity contribution in [1.82, 2.24) is 0 Å². The van der Waals surface area contributed by atoms with E-state index in [1.165, 1.54) is 7.11 Å². The van der Waals surface area contributed by atoms with Crippen LogP contribution in [-0.2, 0) is 6.42 Å². The Kier molecular flexibility index (Phi) is 4.44. The highest BCUT2D eigenvalue weighted by atomic mass is 16.5. The topological polar surface area (TPSA) is 85.2 Å². The maximum absolute atomic E-state index is 12.9. The molecule has 6 heteroatoms. The summed E-state index contributed by atoms with van der Waals surface area (Å²) in [7, 11) is 2.92. The van der Waals surface area contributed by atoms with Crippen molar-refractivity contribution in [3.05, 3.63) is 41.0 Å². The van der Waals surface area contributed by atoms with Crippen molar-refractivity contribution in [2.24, 2.45) is 5.92 Å². The van der Waals surface area contributed by atoms with Crippen LogP contribution >= 0.6 is 0 Å². The Bertz CT molecular complexity index is 810. The van der Waals surface area contributed by atoms with Crippen LogP contribution in [0.3, 0.4) is 0 Å². The molecule has 132 valence electrons. The summed E-state index contributed by atoms with van der Waals surface area (Å²) in [5.41, 5.74) is 1.41. The van der Waals surface area contributed by atoms with E-state index in [9.17, 15) is 15.0 Å². The number of Topliss-reactive ketones (excluding diaryl/α,β-unsaturated/α-hetero) is 1. The van der Waals surface area contributed by atoms with Gasteiger partial charge in [0.1, 0.15) is 17.1 Å². The van der Waals surface area contributed by atoms with E-state index in [4.69, 9.17) is 14.2 Å². The molecule has 0 saturated heterocycles. The molecular formula is C19H20O6. The van der Waals surface area contributed by atoms with Gasteiger partial charge in [-0.3, -0.25) is 4.79 Å². The second-order valence-corrected chi connectivity index (χ2v) is 5.98. The number of carbonyl (C=O) groups excluding carboxylic acids is 1. The van der Waals surface area contributed by atoms with Crippen molar-refractivity contribution in [1.29, 1.82) is 0 Å². The maximum Gasteiger partial charge on any atom is 0.204 e. The largest absolute Gasteiger partial charge is 0.504 e. The summed E-state index contributed by atoms with van der Waals surface area (Å²) < 4.78 is 15.9. The van der Waals surface area contributed by atoms with E-state index < -0.39 is 5.92 Å². The van der Waals surface area contributed by atoms with Crippen LogP contribution in [0.5, 0.6) is 28.7 Å². The second kappa shape index (κ2) is 6.55. The Morgan fingerprint density at radius 1 is 1.12 bits per heavy atom. The fourth-order valence-electron chi connectivity index (χ4n) is 3.06. The predicted octanol–water partition coefficient (Wildman–Crippen LogP) is 2.86. The Morgan fingerprint density at radius 3 is 2.40 bits per heavy atom. The molecule has 1 atom stereocenters. The first-order valence-electron chi connectivity index (χ1n) is 7.90. The monoisotopic (exact) mass is 344 g/mol. The number of hydrogen-bond donors (Lipinski definition) is 2. The number of phenols is 2. The van der Waals surface area contributed by atoms with Gasteiger partial charge in [0.2, 0.25) is 5.75 Å². The summed E-state index contributed by atoms with van der Waals surface area (Å²) in [5.74, 6) is -0.416. The number of carbonyl (C=O) groups is 1. The van der Waals surface area contributed by atoms with Crippen LogP contribution in [0.1, 0.15) is 21.5 Å². The summed E-state index contributed by atoms with van der Waals surface area (Å²) in [6, 6.07) is 7.45. The van der Waals surface area contributed by atoms with Gasteiger partial charge in [0.15, 0.2) is 17.3 Å². The molecule has 2 aromatic rings. The average molecular weight is 344 g/mol. The zero-order valence-electron chi connectivity index (χ0n) is 14.3. The standard InChI is InChI=1S/C19H20O6/c1-10-15(20)19(24-3)17(22)14-16(21)12(9-25-18(10)14)8-11-4-6-13(23-2)7-5-11/h4-7,12,20,22H,8-9H2,1-3H3. The van der Waals surface area contributed by atoms with Crippen LogP contribution in [0.2, 0.25) is 0 Å². The molecule has 2 aromatic carbocycles. The van der Waals surface area contributed by atoms with Crippen LogP contribution < -0.4 is 14.2 Å². The van der Waals surface area contributed by atoms with Crippen molar-refractivity contribution in [2.45, 2.75) is 13.3 Å². The van der Waals surface area contributed by atoms with Crippen molar-refractivity contribution < 1.29 is 29.2 Å². The van der Waals surface area contributed by atoms with E-state index in [1.807, 2.05) is 24.3 Å². The number of aromatic hydroxyl groups is 2. The first-order chi connectivity index (χ1) is 12.0. The summed E-state index contributed by atoms with van der Waals surface area (Å²) >= 11 is 0. The van der Waals surface area contributed by atoms with E-state index in [-0.39, 0.29) is 41.0 Å². The minimum atomic E-state index is -0.430. The van der Waals surface area contributed by atoms with Crippen LogP contribution in [0.4, 0.5) is 0 Å². The fourth-order valence-corrected chi connectivity index (χ4v) is 3.06. The van der Waals surface area contributed by atoms with Crippen LogP contribution in [-0.4, -0.2) is 36.8 Å². The number of benzene rings is 2. The van der Waals surface area contributed by atoms with Gasteiger partial charge in [0, 0.05) is 5.56 Å². The van der Waals surface area contributed by atoms with Crippen molar-refractivity contribution in [3.8, 4) is 28.7 Å². The lowest BCUT2D eigenvalue weighted by molar-refractivity contribution is 0.0823. The van der Waals surface area contributed by atoms with Gasteiger partial charge in [-0.2, -0.15) is 0 Å². The molecule has 0 radical (unpaired) electrons. The molecule has 0 spiro atoms. The number of ketones is 1. The lowest BCUT2D eigenvalue weighted by Gasteiger charge is -2.27. The van der Waals surface area contributed by atoms with Gasteiger partial charge in [-0.05, 0) is 31.0 Å². The third kappa shape index (κ3) is 2.84. The molecule has 0 amide bonds. The molecule has 0 saturated carbocycles. The first kappa shape index (κ1) is 17.0. The Hall–Kier alpha value is -2.89. The molecule has 0 bridgehead atoms. The summed E-state index contributed by atoms with van der Waals surface area (Å²) in [6.07, 6.45) is 0.476. The normalized spacial score (nSPS) is 16.1. The molecule has 0 fully saturated rings. The molecule has 3 rings (SSSR count). The highest BCUT2D eigenvalue weighted by molar-refractivity contribution is 6.05. The van der Waals surface area contributed by atoms with Crippen molar-refractivity contribution in [3.63, 3.8) is 0 Å². The molecule has 6 nitrogen and oxygen atoms in total. The van der Waals surface area contributed by atoms with Gasteiger partial charge in [-0.15, -0.1) is 0 Å². The number of fused-ring (bicyclic) bond motifs is 1. The first-order valence-corrected chi connectivity index (χ1v) is 7.90. The van der Waals surface area contributed by atoms with Crippen LogP contribution in [0.25, 0.3) is 0 Å². The molecule has 1 unspecified atom stereocenters. The summed E-state index contributed by atoms with van der Waals surface area (Å²) in [4.78, 5) is 12.9. The number of hydrogen-bond acceptors (Lipinski definition) is 6. The summed E-state index contributed by atoms with van der Waals surface area (Å²) in [6.45, 7) is 1.80. The SMILES string of the molecule is COc1ccc(CC2COc3c(C)c(O)c(OC)c(O)c3C2=O)cc1. The van der Waals surface area contributed by atoms with E-state index in [0.29, 0.717) is 12.0 Å². The van der Waals surface area contributed by atoms with E-state index >= 15 is 0 Å². The second-order valence-electron chi connectivity index (χ2n) is 5.98. The van der Waals surface area contributed by atoms with E-state index in [0.717, 1.165) is 11.3 Å². The Morgan fingerprint density at radius 2 is 1.80 bits per heavy atom. The van der Waals surface area contributed by atoms with Gasteiger partial charge in [-0.1, -0.05) is 12.1 Å². The lowest BCUT2D eigenvalue weighted by atomic mass is 9.87. The Balaban J connectivity index is 1.94. The van der Waals surface area contributed by atoms with Gasteiger partial charge in [0.05, 0.1) is 26.7 Å². The molecule has 1 heterocycles. The molecule has 2 N–H and O–H groups in total. The van der Waals surface area contributed by atoms with Crippen LogP contribution in [0.15, 0.2) is 24.3 Å². The number of methoxy groups -OCH3 is 2. The van der Waals surface area contributed by atoms with Gasteiger partial charge in [0.25, 0.3) is 0 Å². The van der Waals surface area contributed by atoms with Crippen molar-refractivity contribution in [2.75, 3.05) is 20.8 Å². The molecule has 0 aromatic heterocycles. The molecule has 1 aliphatic heterocycles. The number of ether oxygens (including phenoxy) is 3. The number of phenolic OH excluding ortho intramolecular Hbond substituents is 2. The van der Waals surface area contributed by atoms with Gasteiger partial charge < -0.3 is 24.4 Å². The minimum absolute atomic E-state index is 0.0666. The highest BCUT2D eigenvalue weighted by Crippen LogP contribution is 2.49. The smallest absolute Gasteiger partial charge is 0.204 e. The Labute approximate surface area is 145 Å². The quantitative estimate of drug-likeness (QED) is 0.887. The van der Waals surface area contributed by atoms with E-state index in [2.05, 4.69) is 0 Å². The zero-order valence-corrected chi connectivity index (χ0v) is 14.3. The third-order valence-electron chi connectivity index (χ3n) is 4.48.